The number of nitrogens with zero attached hydrogens (tertiary/aromatic N) is 1. The van der Waals surface area contributed by atoms with Crippen molar-refractivity contribution in [3.63, 3.8) is 0 Å². The van der Waals surface area contributed by atoms with E-state index in [1.54, 1.807) is 18.2 Å². The number of benzene rings is 1. The second-order valence-electron chi connectivity index (χ2n) is 7.29. The Morgan fingerprint density at radius 2 is 2.04 bits per heavy atom. The fraction of sp³-hybridized carbons (Fsp3) is 0.650. The summed E-state index contributed by atoms with van der Waals surface area (Å²) in [6.07, 6.45) is 5.02. The summed E-state index contributed by atoms with van der Waals surface area (Å²) in [7, 11) is -2.00. The van der Waals surface area contributed by atoms with Crippen molar-refractivity contribution in [3.05, 3.63) is 29.8 Å². The van der Waals surface area contributed by atoms with Gasteiger partial charge >= 0.3 is 0 Å². The van der Waals surface area contributed by atoms with Gasteiger partial charge in [0.15, 0.2) is 5.96 Å². The molecule has 0 amide bonds. The molecule has 1 fully saturated rings. The molecular formula is C20H34N4O3S. The first-order valence-corrected chi connectivity index (χ1v) is 11.5. The van der Waals surface area contributed by atoms with Crippen LogP contribution in [0.25, 0.3) is 0 Å². The molecule has 0 radical (unpaired) electrons. The highest BCUT2D eigenvalue weighted by molar-refractivity contribution is 7.89. The van der Waals surface area contributed by atoms with Gasteiger partial charge in [0, 0.05) is 26.7 Å². The molecule has 0 unspecified atom stereocenters. The minimum Gasteiger partial charge on any atom is -0.383 e. The number of rotatable bonds is 11. The van der Waals surface area contributed by atoms with E-state index in [0.717, 1.165) is 24.6 Å². The molecule has 0 atom stereocenters. The van der Waals surface area contributed by atoms with Crippen molar-refractivity contribution in [1.29, 1.82) is 0 Å². The van der Waals surface area contributed by atoms with Gasteiger partial charge in [-0.25, -0.2) is 18.1 Å². The monoisotopic (exact) mass is 410 g/mol. The summed E-state index contributed by atoms with van der Waals surface area (Å²) in [5, 5.41) is 6.73. The van der Waals surface area contributed by atoms with E-state index in [9.17, 15) is 8.42 Å². The number of hydrogen-bond acceptors (Lipinski definition) is 4. The normalized spacial score (nSPS) is 16.5. The lowest BCUT2D eigenvalue weighted by molar-refractivity contribution is 0.131. The second-order valence-corrected chi connectivity index (χ2v) is 9.06. The van der Waals surface area contributed by atoms with E-state index in [1.165, 1.54) is 32.8 Å². The van der Waals surface area contributed by atoms with Crippen LogP contribution in [0.1, 0.15) is 45.1 Å². The third kappa shape index (κ3) is 6.46. The Morgan fingerprint density at radius 1 is 1.25 bits per heavy atom. The Balaban J connectivity index is 2.01. The third-order valence-electron chi connectivity index (χ3n) is 5.37. The van der Waals surface area contributed by atoms with Crippen LogP contribution in [-0.2, 0) is 21.3 Å². The largest absolute Gasteiger partial charge is 0.383 e. The third-order valence-corrected chi connectivity index (χ3v) is 6.82. The van der Waals surface area contributed by atoms with Gasteiger partial charge in [0.2, 0.25) is 10.0 Å². The van der Waals surface area contributed by atoms with Crippen molar-refractivity contribution in [2.75, 3.05) is 33.4 Å². The average molecular weight is 411 g/mol. The van der Waals surface area contributed by atoms with E-state index in [-0.39, 0.29) is 11.4 Å². The van der Waals surface area contributed by atoms with Gasteiger partial charge in [0.05, 0.1) is 18.0 Å². The first-order chi connectivity index (χ1) is 13.4. The maximum absolute atomic E-state index is 12.4. The maximum atomic E-state index is 12.4. The van der Waals surface area contributed by atoms with Crippen LogP contribution in [0.2, 0.25) is 0 Å². The van der Waals surface area contributed by atoms with Crippen LogP contribution in [0.15, 0.2) is 34.2 Å². The molecule has 0 aromatic heterocycles. The summed E-state index contributed by atoms with van der Waals surface area (Å²) in [4.78, 5) is 4.88. The Morgan fingerprint density at radius 3 is 2.64 bits per heavy atom. The van der Waals surface area contributed by atoms with Crippen molar-refractivity contribution in [3.8, 4) is 0 Å². The first-order valence-electron chi connectivity index (χ1n) is 10.0. The quantitative estimate of drug-likeness (QED) is 0.296. The minimum atomic E-state index is -3.54. The number of sulfonamides is 1. The predicted molar refractivity (Wildman–Crippen MR) is 113 cm³/mol. The first kappa shape index (κ1) is 22.6. The van der Waals surface area contributed by atoms with Gasteiger partial charge < -0.3 is 15.4 Å². The molecule has 0 heterocycles. The van der Waals surface area contributed by atoms with Crippen molar-refractivity contribution in [1.82, 2.24) is 15.4 Å². The predicted octanol–water partition coefficient (Wildman–Crippen LogP) is 2.25. The Kier molecular flexibility index (Phi) is 8.72. The standard InChI is InChI=1S/C20H34N4O3S/c1-4-20(10-7-11-20)16-23-19(21-5-2)22-15-17-8-6-9-18(14-17)28(25,26)24-12-13-27-3/h6,8-9,14,24H,4-5,7,10-13,15-16H2,1-3H3,(H2,21,22,23). The molecule has 2 rings (SSSR count). The summed E-state index contributed by atoms with van der Waals surface area (Å²) in [5.41, 5.74) is 1.25. The Hall–Kier alpha value is -1.64. The molecule has 3 N–H and O–H groups in total. The summed E-state index contributed by atoms with van der Waals surface area (Å²) >= 11 is 0. The van der Waals surface area contributed by atoms with Crippen molar-refractivity contribution in [2.45, 2.75) is 51.0 Å². The molecule has 0 bridgehead atoms. The van der Waals surface area contributed by atoms with Crippen LogP contribution < -0.4 is 15.4 Å². The molecule has 0 aliphatic heterocycles. The minimum absolute atomic E-state index is 0.244. The SMILES string of the molecule is CCNC(=NCc1cccc(S(=O)(=O)NCCOC)c1)NCC1(CC)CCC1. The number of guanidine groups is 1. The van der Waals surface area contributed by atoms with Gasteiger partial charge in [-0.3, -0.25) is 0 Å². The van der Waals surface area contributed by atoms with Crippen LogP contribution in [-0.4, -0.2) is 47.7 Å². The molecular weight excluding hydrogens is 376 g/mol. The summed E-state index contributed by atoms with van der Waals surface area (Å²) < 4.78 is 32.1. The zero-order chi connectivity index (χ0) is 20.5. The highest BCUT2D eigenvalue weighted by atomic mass is 32.2. The molecule has 1 aliphatic carbocycles. The zero-order valence-electron chi connectivity index (χ0n) is 17.3. The number of hydrogen-bond donors (Lipinski definition) is 3. The van der Waals surface area contributed by atoms with Gasteiger partial charge in [-0.15, -0.1) is 0 Å². The number of aliphatic imine (C=N–C) groups is 1. The Bertz CT molecular complexity index is 740. The fourth-order valence-corrected chi connectivity index (χ4v) is 4.37. The highest BCUT2D eigenvalue weighted by Crippen LogP contribution is 2.42. The molecule has 8 heteroatoms. The average Bonchev–Trinajstić information content (AvgIpc) is 2.66. The molecule has 0 saturated heterocycles. The summed E-state index contributed by atoms with van der Waals surface area (Å²) in [5.74, 6) is 0.772. The fourth-order valence-electron chi connectivity index (χ4n) is 3.29. The van der Waals surface area contributed by atoms with Crippen LogP contribution in [0, 0.1) is 5.41 Å². The smallest absolute Gasteiger partial charge is 0.240 e. The lowest BCUT2D eigenvalue weighted by atomic mass is 9.67. The van der Waals surface area contributed by atoms with E-state index in [1.807, 2.05) is 13.0 Å². The van der Waals surface area contributed by atoms with Gasteiger partial charge in [-0.2, -0.15) is 0 Å². The number of methoxy groups -OCH3 is 1. The maximum Gasteiger partial charge on any atom is 0.240 e. The lowest BCUT2D eigenvalue weighted by Crippen LogP contribution is -2.46. The van der Waals surface area contributed by atoms with Gasteiger partial charge in [0.1, 0.15) is 0 Å². The molecule has 0 spiro atoms. The van der Waals surface area contributed by atoms with Crippen LogP contribution >= 0.6 is 0 Å². The highest BCUT2D eigenvalue weighted by Gasteiger charge is 2.34. The van der Waals surface area contributed by atoms with Crippen molar-refractivity contribution >= 4 is 16.0 Å². The van der Waals surface area contributed by atoms with Crippen molar-refractivity contribution in [2.24, 2.45) is 10.4 Å². The topological polar surface area (TPSA) is 91.8 Å². The second kappa shape index (κ2) is 10.8. The van der Waals surface area contributed by atoms with Gasteiger partial charge in [-0.1, -0.05) is 25.5 Å². The van der Waals surface area contributed by atoms with Gasteiger partial charge in [0.25, 0.3) is 0 Å². The van der Waals surface area contributed by atoms with E-state index in [2.05, 4.69) is 27.3 Å². The van der Waals surface area contributed by atoms with E-state index >= 15 is 0 Å². The van der Waals surface area contributed by atoms with E-state index in [0.29, 0.717) is 18.6 Å². The van der Waals surface area contributed by atoms with Crippen LogP contribution in [0.5, 0.6) is 0 Å². The Labute approximate surface area is 169 Å². The van der Waals surface area contributed by atoms with Gasteiger partial charge in [-0.05, 0) is 49.3 Å². The van der Waals surface area contributed by atoms with E-state index < -0.39 is 10.0 Å². The lowest BCUT2D eigenvalue weighted by Gasteiger charge is -2.41. The van der Waals surface area contributed by atoms with E-state index in [4.69, 9.17) is 4.74 Å². The summed E-state index contributed by atoms with van der Waals surface area (Å²) in [6, 6.07) is 6.90. The van der Waals surface area contributed by atoms with Crippen LogP contribution in [0.4, 0.5) is 0 Å². The van der Waals surface area contributed by atoms with Crippen LogP contribution in [0.3, 0.4) is 0 Å². The number of nitrogens with one attached hydrogen (secondary N) is 3. The molecule has 1 aromatic carbocycles. The summed E-state index contributed by atoms with van der Waals surface area (Å²) in [6.45, 7) is 6.98. The van der Waals surface area contributed by atoms with Crippen molar-refractivity contribution < 1.29 is 13.2 Å². The molecule has 1 aliphatic rings. The zero-order valence-corrected chi connectivity index (χ0v) is 18.1. The molecule has 158 valence electrons. The molecule has 28 heavy (non-hydrogen) atoms. The molecule has 1 aromatic rings. The molecule has 1 saturated carbocycles. The number of ether oxygens (including phenoxy) is 1. The molecule has 7 nitrogen and oxygen atoms in total.